The van der Waals surface area contributed by atoms with E-state index < -0.39 is 0 Å². The molecule has 0 aliphatic carbocycles. The third-order valence-electron chi connectivity index (χ3n) is 3.48. The van der Waals surface area contributed by atoms with Gasteiger partial charge in [0.15, 0.2) is 5.96 Å². The maximum absolute atomic E-state index is 4.40. The van der Waals surface area contributed by atoms with Crippen molar-refractivity contribution in [2.24, 2.45) is 4.99 Å². The van der Waals surface area contributed by atoms with Gasteiger partial charge in [-0.05, 0) is 34.4 Å². The van der Waals surface area contributed by atoms with Gasteiger partial charge in [0.05, 0.1) is 6.54 Å². The number of aliphatic imine (C=N–C) groups is 1. The van der Waals surface area contributed by atoms with Crippen LogP contribution in [-0.2, 0) is 13.0 Å². The normalized spacial score (nSPS) is 12.2. The van der Waals surface area contributed by atoms with E-state index in [0.717, 1.165) is 23.9 Å². The summed E-state index contributed by atoms with van der Waals surface area (Å²) < 4.78 is 0. The predicted octanol–water partition coefficient (Wildman–Crippen LogP) is 2.33. The average molecular weight is 425 g/mol. The van der Waals surface area contributed by atoms with Crippen LogP contribution in [0.3, 0.4) is 0 Å². The molecule has 1 aromatic rings. The van der Waals surface area contributed by atoms with Crippen molar-refractivity contribution < 1.29 is 0 Å². The standard InChI is InChI=1S/C14H27N5S.HI/c1-7-11-8-16-12(20-11)9-17-13(15-4)18-10-14(2,3)19(5)6;/h8H,7,9-10H2,1-6H3,(H2,15,17,18);1H. The fourth-order valence-corrected chi connectivity index (χ4v) is 2.23. The van der Waals surface area contributed by atoms with Crippen molar-refractivity contribution in [3.05, 3.63) is 16.1 Å². The topological polar surface area (TPSA) is 52.6 Å². The third-order valence-corrected chi connectivity index (χ3v) is 4.62. The highest BCUT2D eigenvalue weighted by Gasteiger charge is 2.20. The molecule has 0 fully saturated rings. The molecule has 7 heteroatoms. The van der Waals surface area contributed by atoms with Crippen LogP contribution in [0.2, 0.25) is 0 Å². The zero-order chi connectivity index (χ0) is 15.2. The molecule has 0 amide bonds. The van der Waals surface area contributed by atoms with Gasteiger partial charge in [-0.2, -0.15) is 0 Å². The van der Waals surface area contributed by atoms with E-state index in [0.29, 0.717) is 6.54 Å². The summed E-state index contributed by atoms with van der Waals surface area (Å²) in [5.74, 6) is 0.813. The summed E-state index contributed by atoms with van der Waals surface area (Å²) in [6, 6.07) is 0. The largest absolute Gasteiger partial charge is 0.355 e. The number of hydrogen-bond acceptors (Lipinski definition) is 4. The molecule has 0 spiro atoms. The van der Waals surface area contributed by atoms with Crippen molar-refractivity contribution in [2.45, 2.75) is 39.3 Å². The number of thiazole rings is 1. The Balaban J connectivity index is 0.00000400. The lowest BCUT2D eigenvalue weighted by molar-refractivity contribution is 0.197. The zero-order valence-corrected chi connectivity index (χ0v) is 17.0. The molecule has 1 rings (SSSR count). The molecule has 122 valence electrons. The van der Waals surface area contributed by atoms with Crippen molar-refractivity contribution in [3.63, 3.8) is 0 Å². The molecule has 0 aromatic carbocycles. The smallest absolute Gasteiger partial charge is 0.191 e. The van der Waals surface area contributed by atoms with Crippen molar-refractivity contribution in [1.82, 2.24) is 20.5 Å². The Kier molecular flexibility index (Phi) is 9.39. The average Bonchev–Trinajstić information content (AvgIpc) is 2.86. The van der Waals surface area contributed by atoms with Gasteiger partial charge in [0.1, 0.15) is 5.01 Å². The van der Waals surface area contributed by atoms with Crippen LogP contribution in [0, 0.1) is 0 Å². The quantitative estimate of drug-likeness (QED) is 0.418. The predicted molar refractivity (Wildman–Crippen MR) is 103 cm³/mol. The van der Waals surface area contributed by atoms with Gasteiger partial charge in [-0.3, -0.25) is 4.99 Å². The second-order valence-electron chi connectivity index (χ2n) is 5.56. The number of aromatic nitrogens is 1. The summed E-state index contributed by atoms with van der Waals surface area (Å²) in [5.41, 5.74) is 0.0776. The SMILES string of the molecule is CCc1cnc(CNC(=NC)NCC(C)(C)N(C)C)s1.I. The van der Waals surface area contributed by atoms with E-state index in [1.54, 1.807) is 18.4 Å². The van der Waals surface area contributed by atoms with E-state index in [1.165, 1.54) is 4.88 Å². The molecule has 0 aliphatic heterocycles. The lowest BCUT2D eigenvalue weighted by Gasteiger charge is -2.33. The molecule has 2 N–H and O–H groups in total. The van der Waals surface area contributed by atoms with Gasteiger partial charge >= 0.3 is 0 Å². The first kappa shape index (κ1) is 20.6. The van der Waals surface area contributed by atoms with Gasteiger partial charge < -0.3 is 15.5 Å². The van der Waals surface area contributed by atoms with Crippen LogP contribution >= 0.6 is 35.3 Å². The van der Waals surface area contributed by atoms with Gasteiger partial charge in [0.25, 0.3) is 0 Å². The Morgan fingerprint density at radius 2 is 2.05 bits per heavy atom. The molecule has 5 nitrogen and oxygen atoms in total. The molecule has 0 radical (unpaired) electrons. The van der Waals surface area contributed by atoms with Crippen LogP contribution in [0.5, 0.6) is 0 Å². The lowest BCUT2D eigenvalue weighted by atomic mass is 10.0. The van der Waals surface area contributed by atoms with Crippen LogP contribution in [0.15, 0.2) is 11.2 Å². The van der Waals surface area contributed by atoms with Crippen molar-refractivity contribution >= 4 is 41.3 Å². The number of likely N-dealkylation sites (N-methyl/N-ethyl adjacent to an activating group) is 1. The van der Waals surface area contributed by atoms with E-state index in [-0.39, 0.29) is 29.5 Å². The molecule has 0 unspecified atom stereocenters. The fraction of sp³-hybridized carbons (Fsp3) is 0.714. The Labute approximate surface area is 149 Å². The Morgan fingerprint density at radius 3 is 2.52 bits per heavy atom. The van der Waals surface area contributed by atoms with Crippen molar-refractivity contribution in [1.29, 1.82) is 0 Å². The zero-order valence-electron chi connectivity index (χ0n) is 13.9. The molecule has 0 saturated heterocycles. The summed E-state index contributed by atoms with van der Waals surface area (Å²) >= 11 is 1.75. The van der Waals surface area contributed by atoms with E-state index in [1.807, 2.05) is 6.20 Å². The Morgan fingerprint density at radius 1 is 1.38 bits per heavy atom. The molecule has 0 atom stereocenters. The number of halogens is 1. The second kappa shape index (κ2) is 9.58. The first-order chi connectivity index (χ1) is 9.39. The number of aryl methyl sites for hydroxylation is 1. The van der Waals surface area contributed by atoms with Gasteiger partial charge in [-0.25, -0.2) is 4.98 Å². The van der Waals surface area contributed by atoms with Crippen molar-refractivity contribution in [3.8, 4) is 0 Å². The number of guanidine groups is 1. The molecular weight excluding hydrogens is 397 g/mol. The summed E-state index contributed by atoms with van der Waals surface area (Å²) in [5, 5.41) is 7.75. The number of hydrogen-bond donors (Lipinski definition) is 2. The Hall–Kier alpha value is -0.410. The minimum Gasteiger partial charge on any atom is -0.355 e. The highest BCUT2D eigenvalue weighted by atomic mass is 127. The molecule has 0 bridgehead atoms. The lowest BCUT2D eigenvalue weighted by Crippen LogP contribution is -2.50. The number of nitrogens with zero attached hydrogens (tertiary/aromatic N) is 3. The van der Waals surface area contributed by atoms with E-state index in [9.17, 15) is 0 Å². The summed E-state index contributed by atoms with van der Waals surface area (Å²) in [7, 11) is 5.96. The van der Waals surface area contributed by atoms with Gasteiger partial charge in [0.2, 0.25) is 0 Å². The van der Waals surface area contributed by atoms with Crippen molar-refractivity contribution in [2.75, 3.05) is 27.7 Å². The molecule has 21 heavy (non-hydrogen) atoms. The van der Waals surface area contributed by atoms with E-state index in [2.05, 4.69) is 60.4 Å². The molecule has 1 aromatic heterocycles. The minimum atomic E-state index is 0. The van der Waals surface area contributed by atoms with E-state index >= 15 is 0 Å². The molecule has 1 heterocycles. The van der Waals surface area contributed by atoms with Gasteiger partial charge in [0, 0.05) is 30.2 Å². The highest BCUT2D eigenvalue weighted by molar-refractivity contribution is 14.0. The highest BCUT2D eigenvalue weighted by Crippen LogP contribution is 2.12. The van der Waals surface area contributed by atoms with Gasteiger partial charge in [-0.15, -0.1) is 35.3 Å². The maximum atomic E-state index is 4.40. The number of rotatable bonds is 6. The Bertz CT molecular complexity index is 442. The third kappa shape index (κ3) is 6.92. The summed E-state index contributed by atoms with van der Waals surface area (Å²) in [6.07, 6.45) is 2.99. The van der Waals surface area contributed by atoms with Crippen LogP contribution in [0.1, 0.15) is 30.7 Å². The summed E-state index contributed by atoms with van der Waals surface area (Å²) in [4.78, 5) is 12.2. The van der Waals surface area contributed by atoms with E-state index in [4.69, 9.17) is 0 Å². The first-order valence-corrected chi connectivity index (χ1v) is 7.76. The fourth-order valence-electron chi connectivity index (χ4n) is 1.43. The van der Waals surface area contributed by atoms with Crippen LogP contribution in [0.4, 0.5) is 0 Å². The van der Waals surface area contributed by atoms with Crippen LogP contribution in [0.25, 0.3) is 0 Å². The monoisotopic (exact) mass is 425 g/mol. The van der Waals surface area contributed by atoms with Crippen LogP contribution < -0.4 is 10.6 Å². The molecule has 0 aliphatic rings. The molecular formula is C14H28IN5S. The van der Waals surface area contributed by atoms with Crippen LogP contribution in [-0.4, -0.2) is 49.1 Å². The number of nitrogens with one attached hydrogen (secondary N) is 2. The summed E-state index contributed by atoms with van der Waals surface area (Å²) in [6.45, 7) is 8.09. The molecule has 0 saturated carbocycles. The maximum Gasteiger partial charge on any atom is 0.191 e. The second-order valence-corrected chi connectivity index (χ2v) is 6.76. The first-order valence-electron chi connectivity index (χ1n) is 6.94. The van der Waals surface area contributed by atoms with Gasteiger partial charge in [-0.1, -0.05) is 6.92 Å². The minimum absolute atomic E-state index is 0.